The number of anilines is 1. The van der Waals surface area contributed by atoms with Crippen LogP contribution in [-0.4, -0.2) is 57.5 Å². The van der Waals surface area contributed by atoms with Gasteiger partial charge in [-0.2, -0.15) is 4.31 Å². The van der Waals surface area contributed by atoms with Gasteiger partial charge in [0.15, 0.2) is 0 Å². The predicted molar refractivity (Wildman–Crippen MR) is 116 cm³/mol. The molecule has 1 N–H and O–H groups in total. The summed E-state index contributed by atoms with van der Waals surface area (Å²) in [6.07, 6.45) is 0. The number of benzene rings is 2. The van der Waals surface area contributed by atoms with Crippen LogP contribution in [0.3, 0.4) is 0 Å². The largest absolute Gasteiger partial charge is 0.462 e. The summed E-state index contributed by atoms with van der Waals surface area (Å²) >= 11 is 6.19. The van der Waals surface area contributed by atoms with Crippen molar-refractivity contribution in [3.05, 3.63) is 58.1 Å². The number of rotatable bonds is 6. The lowest BCUT2D eigenvalue weighted by atomic mass is 10.1. The van der Waals surface area contributed by atoms with E-state index in [2.05, 4.69) is 5.32 Å². The highest BCUT2D eigenvalue weighted by Gasteiger charge is 2.28. The van der Waals surface area contributed by atoms with Gasteiger partial charge in [-0.15, -0.1) is 0 Å². The van der Waals surface area contributed by atoms with E-state index in [4.69, 9.17) is 21.1 Å². The van der Waals surface area contributed by atoms with E-state index in [9.17, 15) is 18.0 Å². The molecule has 0 aromatic heterocycles. The number of ether oxygens (including phenoxy) is 2. The van der Waals surface area contributed by atoms with Gasteiger partial charge in [-0.05, 0) is 49.7 Å². The first-order valence-corrected chi connectivity index (χ1v) is 11.5. The van der Waals surface area contributed by atoms with E-state index >= 15 is 0 Å². The van der Waals surface area contributed by atoms with E-state index < -0.39 is 21.9 Å². The minimum Gasteiger partial charge on any atom is -0.462 e. The van der Waals surface area contributed by atoms with E-state index in [1.807, 2.05) is 0 Å². The summed E-state index contributed by atoms with van der Waals surface area (Å²) in [7, 11) is -3.79. The molecule has 8 nitrogen and oxygen atoms in total. The van der Waals surface area contributed by atoms with Crippen molar-refractivity contribution in [3.8, 4) is 0 Å². The Morgan fingerprint density at radius 1 is 1.16 bits per heavy atom. The summed E-state index contributed by atoms with van der Waals surface area (Å²) in [6.45, 7) is 4.74. The van der Waals surface area contributed by atoms with Crippen molar-refractivity contribution in [3.63, 3.8) is 0 Å². The number of nitrogens with zero attached hydrogens (tertiary/aromatic N) is 1. The number of halogens is 1. The molecule has 1 aliphatic heterocycles. The van der Waals surface area contributed by atoms with Gasteiger partial charge in [-0.3, -0.25) is 4.79 Å². The Balaban J connectivity index is 1.88. The van der Waals surface area contributed by atoms with E-state index in [1.54, 1.807) is 32.0 Å². The molecular formula is C21H23ClN2O6S. The maximum absolute atomic E-state index is 12.9. The third-order valence-electron chi connectivity index (χ3n) is 4.87. The van der Waals surface area contributed by atoms with Crippen molar-refractivity contribution in [1.29, 1.82) is 0 Å². The van der Waals surface area contributed by atoms with E-state index in [0.717, 1.165) is 0 Å². The van der Waals surface area contributed by atoms with Gasteiger partial charge in [-0.25, -0.2) is 13.2 Å². The first kappa shape index (κ1) is 23.2. The van der Waals surface area contributed by atoms with E-state index in [-0.39, 0.29) is 35.2 Å². The summed E-state index contributed by atoms with van der Waals surface area (Å²) in [5.41, 5.74) is 1.27. The lowest BCUT2D eigenvalue weighted by Crippen LogP contribution is -2.40. The molecule has 0 spiro atoms. The smallest absolute Gasteiger partial charge is 0.338 e. The number of hydrogen-bond donors (Lipinski definition) is 1. The van der Waals surface area contributed by atoms with Gasteiger partial charge in [0.1, 0.15) is 0 Å². The molecular weight excluding hydrogens is 444 g/mol. The average molecular weight is 467 g/mol. The highest BCUT2D eigenvalue weighted by Crippen LogP contribution is 2.26. The zero-order chi connectivity index (χ0) is 22.6. The van der Waals surface area contributed by atoms with Crippen LogP contribution in [0.5, 0.6) is 0 Å². The van der Waals surface area contributed by atoms with Crippen LogP contribution in [0.4, 0.5) is 5.69 Å². The molecule has 3 rings (SSSR count). The minimum absolute atomic E-state index is 0.0111. The molecule has 0 unspecified atom stereocenters. The molecule has 0 aliphatic carbocycles. The Morgan fingerprint density at radius 3 is 2.55 bits per heavy atom. The lowest BCUT2D eigenvalue weighted by Gasteiger charge is -2.26. The fraction of sp³-hybridized carbons (Fsp3) is 0.333. The molecule has 0 radical (unpaired) electrons. The van der Waals surface area contributed by atoms with Crippen molar-refractivity contribution in [2.24, 2.45) is 0 Å². The topological polar surface area (TPSA) is 102 Å². The van der Waals surface area contributed by atoms with Gasteiger partial charge >= 0.3 is 5.97 Å². The molecule has 2 aromatic carbocycles. The SMILES string of the molecule is CCOC(=O)c1cccc(NC(=O)c2cc(S(=O)(=O)N3CCOCC3)ccc2Cl)c1C. The number of morpholine rings is 1. The van der Waals surface area contributed by atoms with Gasteiger partial charge in [0.05, 0.1) is 40.9 Å². The second-order valence-electron chi connectivity index (χ2n) is 6.81. The molecule has 1 aliphatic rings. The van der Waals surface area contributed by atoms with Gasteiger partial charge in [0.2, 0.25) is 10.0 Å². The van der Waals surface area contributed by atoms with Gasteiger partial charge in [0, 0.05) is 18.8 Å². The molecule has 1 amide bonds. The molecule has 1 saturated heterocycles. The first-order valence-electron chi connectivity index (χ1n) is 9.71. The molecule has 1 fully saturated rings. The molecule has 0 bridgehead atoms. The van der Waals surface area contributed by atoms with Crippen LogP contribution in [-0.2, 0) is 19.5 Å². The monoisotopic (exact) mass is 466 g/mol. The Labute approximate surface area is 186 Å². The van der Waals surface area contributed by atoms with Crippen LogP contribution < -0.4 is 5.32 Å². The Hall–Kier alpha value is -2.46. The fourth-order valence-corrected chi connectivity index (χ4v) is 4.80. The van der Waals surface area contributed by atoms with Gasteiger partial charge in [-0.1, -0.05) is 17.7 Å². The van der Waals surface area contributed by atoms with Crippen LogP contribution >= 0.6 is 11.6 Å². The van der Waals surface area contributed by atoms with E-state index in [1.165, 1.54) is 22.5 Å². The third kappa shape index (κ3) is 5.07. The summed E-state index contributed by atoms with van der Waals surface area (Å²) in [6, 6.07) is 8.87. The molecule has 1 heterocycles. The van der Waals surface area contributed by atoms with Gasteiger partial charge < -0.3 is 14.8 Å². The number of nitrogens with one attached hydrogen (secondary N) is 1. The molecule has 10 heteroatoms. The van der Waals surface area contributed by atoms with Crippen LogP contribution in [0.15, 0.2) is 41.3 Å². The van der Waals surface area contributed by atoms with Crippen LogP contribution in [0, 0.1) is 6.92 Å². The number of amides is 1. The van der Waals surface area contributed by atoms with Crippen molar-refractivity contribution in [2.45, 2.75) is 18.7 Å². The Kier molecular flexibility index (Phi) is 7.32. The summed E-state index contributed by atoms with van der Waals surface area (Å²) in [5, 5.41) is 2.81. The highest BCUT2D eigenvalue weighted by atomic mass is 35.5. The minimum atomic E-state index is -3.79. The second-order valence-corrected chi connectivity index (χ2v) is 9.16. The van der Waals surface area contributed by atoms with E-state index in [0.29, 0.717) is 30.0 Å². The van der Waals surface area contributed by atoms with Crippen molar-refractivity contribution < 1.29 is 27.5 Å². The molecule has 166 valence electrons. The maximum Gasteiger partial charge on any atom is 0.338 e. The summed E-state index contributed by atoms with van der Waals surface area (Å²) in [4.78, 5) is 25.0. The normalized spacial score (nSPS) is 14.8. The van der Waals surface area contributed by atoms with Gasteiger partial charge in [0.25, 0.3) is 5.91 Å². The molecule has 2 aromatic rings. The van der Waals surface area contributed by atoms with Crippen molar-refractivity contribution >= 4 is 39.2 Å². The molecule has 0 atom stereocenters. The quantitative estimate of drug-likeness (QED) is 0.656. The number of esters is 1. The Bertz CT molecular complexity index is 1100. The van der Waals surface area contributed by atoms with Crippen LogP contribution in [0.25, 0.3) is 0 Å². The predicted octanol–water partition coefficient (Wildman–Crippen LogP) is 3.10. The zero-order valence-corrected chi connectivity index (χ0v) is 18.8. The lowest BCUT2D eigenvalue weighted by molar-refractivity contribution is 0.0525. The molecule has 31 heavy (non-hydrogen) atoms. The van der Waals surface area contributed by atoms with Crippen molar-refractivity contribution in [1.82, 2.24) is 4.31 Å². The van der Waals surface area contributed by atoms with Crippen molar-refractivity contribution in [2.75, 3.05) is 38.2 Å². The fourth-order valence-electron chi connectivity index (χ4n) is 3.17. The maximum atomic E-state index is 12.9. The Morgan fingerprint density at radius 2 is 1.87 bits per heavy atom. The summed E-state index contributed by atoms with van der Waals surface area (Å²) in [5.74, 6) is -1.08. The van der Waals surface area contributed by atoms with Crippen LogP contribution in [0.2, 0.25) is 5.02 Å². The highest BCUT2D eigenvalue weighted by molar-refractivity contribution is 7.89. The number of carbonyl (C=O) groups is 2. The van der Waals surface area contributed by atoms with Crippen LogP contribution in [0.1, 0.15) is 33.2 Å². The zero-order valence-electron chi connectivity index (χ0n) is 17.2. The summed E-state index contributed by atoms with van der Waals surface area (Å²) < 4.78 is 37.4. The second kappa shape index (κ2) is 9.78. The molecule has 0 saturated carbocycles. The third-order valence-corrected chi connectivity index (χ3v) is 7.09. The standard InChI is InChI=1S/C21H23ClN2O6S/c1-3-30-21(26)16-5-4-6-19(14(16)2)23-20(25)17-13-15(7-8-18(17)22)31(27,28)24-9-11-29-12-10-24/h4-8,13H,3,9-12H2,1-2H3,(H,23,25). The average Bonchev–Trinajstić information content (AvgIpc) is 2.76. The number of hydrogen-bond acceptors (Lipinski definition) is 6. The first-order chi connectivity index (χ1) is 14.8. The number of carbonyl (C=O) groups excluding carboxylic acids is 2. The number of sulfonamides is 1.